The van der Waals surface area contributed by atoms with Crippen molar-refractivity contribution in [1.82, 2.24) is 0 Å². The minimum atomic E-state index is -4.64. The van der Waals surface area contributed by atoms with Crippen molar-refractivity contribution in [2.24, 2.45) is 0 Å². The van der Waals surface area contributed by atoms with Crippen LogP contribution in [0.15, 0.2) is 0 Å². The molecule has 0 saturated carbocycles. The molecule has 0 aromatic carbocycles. The molecule has 7 nitrogen and oxygen atoms in total. The topological polar surface area (TPSA) is 124 Å². The van der Waals surface area contributed by atoms with Gasteiger partial charge >= 0.3 is 16.1 Å². The van der Waals surface area contributed by atoms with E-state index >= 15 is 0 Å². The van der Waals surface area contributed by atoms with Crippen molar-refractivity contribution in [3.63, 3.8) is 0 Å². The van der Waals surface area contributed by atoms with E-state index in [9.17, 15) is 4.57 Å². The first-order valence-corrected chi connectivity index (χ1v) is 5.24. The minimum Gasteiger partial charge on any atom is -0.326 e. The molecule has 70 valence electrons. The van der Waals surface area contributed by atoms with E-state index in [-0.39, 0.29) is 0 Å². The second-order valence-electron chi connectivity index (χ2n) is 1.21. The van der Waals surface area contributed by atoms with Gasteiger partial charge in [-0.2, -0.15) is 0 Å². The van der Waals surface area contributed by atoms with E-state index in [4.69, 9.17) is 24.1 Å². The van der Waals surface area contributed by atoms with Crippen LogP contribution in [0.2, 0.25) is 0 Å². The lowest BCUT2D eigenvalue weighted by Crippen LogP contribution is -1.72. The van der Waals surface area contributed by atoms with Gasteiger partial charge in [-0.05, 0) is 6.92 Å². The molecular weight excluding hydrogens is 198 g/mol. The molecule has 0 amide bonds. The summed E-state index contributed by atoms with van der Waals surface area (Å²) in [5.74, 6) is 0. The molecule has 0 radical (unpaired) electrons. The summed E-state index contributed by atoms with van der Waals surface area (Å²) in [6.45, 7) is 1.98. The Morgan fingerprint density at radius 2 is 1.73 bits per heavy atom. The third-order valence-electron chi connectivity index (χ3n) is 0.268. The van der Waals surface area contributed by atoms with Crippen molar-refractivity contribution in [3.8, 4) is 0 Å². The fourth-order valence-corrected chi connectivity index (χ4v) is 0.370. The van der Waals surface area contributed by atoms with Gasteiger partial charge in [0.15, 0.2) is 0 Å². The molecule has 0 rings (SSSR count). The lowest BCUT2D eigenvalue weighted by molar-refractivity contribution is 0.275. The average molecular weight is 208 g/mol. The van der Waals surface area contributed by atoms with Crippen molar-refractivity contribution < 1.29 is 33.2 Å². The molecule has 11 heavy (non-hydrogen) atoms. The van der Waals surface area contributed by atoms with Crippen molar-refractivity contribution in [1.29, 1.82) is 0 Å². The molecule has 0 aliphatic rings. The maximum atomic E-state index is 9.56. The van der Waals surface area contributed by atoms with Gasteiger partial charge in [0, 0.05) is 0 Å². The molecular formula is C2H10O7P2. The van der Waals surface area contributed by atoms with Crippen LogP contribution in [0.1, 0.15) is 6.92 Å². The monoisotopic (exact) mass is 208 g/mol. The van der Waals surface area contributed by atoms with Gasteiger partial charge in [-0.25, -0.2) is 4.57 Å². The zero-order chi connectivity index (χ0) is 9.49. The molecule has 0 aliphatic carbocycles. The highest BCUT2D eigenvalue weighted by Crippen LogP contribution is 2.25. The Balaban J connectivity index is 0. The number of phosphoric acid groups is 1. The van der Waals surface area contributed by atoms with Crippen LogP contribution in [-0.2, 0) is 13.7 Å². The highest BCUT2D eigenvalue weighted by atomic mass is 31.2. The van der Waals surface area contributed by atoms with Gasteiger partial charge in [0.05, 0.1) is 6.61 Å². The molecule has 0 aromatic heterocycles. The Morgan fingerprint density at radius 1 is 1.45 bits per heavy atom. The first-order valence-electron chi connectivity index (χ1n) is 2.41. The molecule has 1 unspecified atom stereocenters. The average Bonchev–Trinajstić information content (AvgIpc) is 1.58. The van der Waals surface area contributed by atoms with Crippen molar-refractivity contribution in [2.75, 3.05) is 6.61 Å². The van der Waals surface area contributed by atoms with Crippen LogP contribution in [-0.4, -0.2) is 26.2 Å². The van der Waals surface area contributed by atoms with Gasteiger partial charge in [0.2, 0.25) is 0 Å². The summed E-state index contributed by atoms with van der Waals surface area (Å²) in [6.07, 6.45) is 0. The second kappa shape index (κ2) is 6.94. The summed E-state index contributed by atoms with van der Waals surface area (Å²) in [4.78, 5) is 29.4. The van der Waals surface area contributed by atoms with E-state index in [1.807, 2.05) is 0 Å². The van der Waals surface area contributed by atoms with Gasteiger partial charge in [0.25, 0.3) is 0 Å². The van der Waals surface area contributed by atoms with Crippen LogP contribution in [0.25, 0.3) is 0 Å². The van der Waals surface area contributed by atoms with Crippen molar-refractivity contribution >= 4 is 16.1 Å². The largest absolute Gasteiger partial charge is 0.466 e. The zero-order valence-electron chi connectivity index (χ0n) is 5.67. The van der Waals surface area contributed by atoms with Gasteiger partial charge < -0.3 is 24.1 Å². The Hall–Kier alpha value is 0.260. The molecule has 4 N–H and O–H groups in total. The molecule has 0 spiro atoms. The maximum absolute atomic E-state index is 9.56. The fraction of sp³-hybridized carbons (Fsp3) is 1.00. The van der Waals surface area contributed by atoms with E-state index in [1.54, 1.807) is 6.92 Å². The lowest BCUT2D eigenvalue weighted by Gasteiger charge is -1.86. The standard InChI is InChI=1S/C2H7O3P.H3O4P/c1-2-5-6(3)4;1-5(2,3)4/h6H,2H2,1H3,(H,3,4);(H3,1,2,3,4). The van der Waals surface area contributed by atoms with Crippen LogP contribution >= 0.6 is 16.1 Å². The third-order valence-corrected chi connectivity index (χ3v) is 0.803. The van der Waals surface area contributed by atoms with E-state index in [1.165, 1.54) is 0 Å². The molecule has 0 heterocycles. The summed E-state index contributed by atoms with van der Waals surface area (Å²) in [5.41, 5.74) is 0. The van der Waals surface area contributed by atoms with Gasteiger partial charge in [-0.15, -0.1) is 0 Å². The Labute approximate surface area is 63.8 Å². The molecule has 0 aliphatic heterocycles. The van der Waals surface area contributed by atoms with E-state index in [0.717, 1.165) is 0 Å². The Bertz CT molecular complexity index is 140. The summed E-state index contributed by atoms with van der Waals surface area (Å²) in [6, 6.07) is 0. The number of hydrogen-bond donors (Lipinski definition) is 4. The van der Waals surface area contributed by atoms with Crippen LogP contribution in [0.5, 0.6) is 0 Å². The predicted molar refractivity (Wildman–Crippen MR) is 37.1 cm³/mol. The minimum absolute atomic E-state index is 0.314. The van der Waals surface area contributed by atoms with Gasteiger partial charge in [-0.3, -0.25) is 4.57 Å². The highest BCUT2D eigenvalue weighted by molar-refractivity contribution is 7.45. The van der Waals surface area contributed by atoms with Crippen molar-refractivity contribution in [3.05, 3.63) is 0 Å². The predicted octanol–water partition coefficient (Wildman–Crippen LogP) is -0.524. The highest BCUT2D eigenvalue weighted by Gasteiger charge is 2.00. The summed E-state index contributed by atoms with van der Waals surface area (Å²) in [7, 11) is -7.27. The molecule has 9 heteroatoms. The van der Waals surface area contributed by atoms with Crippen LogP contribution in [0, 0.1) is 0 Å². The van der Waals surface area contributed by atoms with E-state index in [2.05, 4.69) is 4.52 Å². The SMILES string of the molecule is CCO[PH](=O)O.O=P(O)(O)O. The van der Waals surface area contributed by atoms with Gasteiger partial charge in [-0.1, -0.05) is 0 Å². The number of rotatable bonds is 2. The fourth-order valence-electron chi connectivity index (χ4n) is 0.123. The van der Waals surface area contributed by atoms with Crippen LogP contribution in [0.4, 0.5) is 0 Å². The summed E-state index contributed by atoms with van der Waals surface area (Å²) >= 11 is 0. The smallest absolute Gasteiger partial charge is 0.326 e. The molecule has 0 saturated heterocycles. The molecule has 1 atom stereocenters. The summed E-state index contributed by atoms with van der Waals surface area (Å²) < 4.78 is 22.6. The third kappa shape index (κ3) is 65.9. The molecule has 0 aromatic rings. The zero-order valence-corrected chi connectivity index (χ0v) is 7.56. The molecule has 0 bridgehead atoms. The second-order valence-corrected chi connectivity index (χ2v) is 3.06. The lowest BCUT2D eigenvalue weighted by atomic mass is 10.9. The Morgan fingerprint density at radius 3 is 1.73 bits per heavy atom. The normalized spacial score (nSPS) is 13.2. The quantitative estimate of drug-likeness (QED) is 0.449. The Kier molecular flexibility index (Phi) is 8.72. The van der Waals surface area contributed by atoms with E-state index in [0.29, 0.717) is 6.61 Å². The van der Waals surface area contributed by atoms with Crippen LogP contribution in [0.3, 0.4) is 0 Å². The van der Waals surface area contributed by atoms with Crippen LogP contribution < -0.4 is 0 Å². The number of hydrogen-bond acceptors (Lipinski definition) is 3. The first kappa shape index (κ1) is 13.8. The summed E-state index contributed by atoms with van der Waals surface area (Å²) in [5, 5.41) is 0. The van der Waals surface area contributed by atoms with E-state index < -0.39 is 16.1 Å². The van der Waals surface area contributed by atoms with Gasteiger partial charge in [0.1, 0.15) is 0 Å². The maximum Gasteiger partial charge on any atom is 0.466 e. The van der Waals surface area contributed by atoms with Crippen molar-refractivity contribution in [2.45, 2.75) is 6.92 Å². The first-order chi connectivity index (χ1) is 4.77. The molecule has 0 fully saturated rings.